The predicted molar refractivity (Wildman–Crippen MR) is 84.9 cm³/mol. The van der Waals surface area contributed by atoms with Crippen molar-refractivity contribution in [3.05, 3.63) is 65.5 Å². The molecule has 1 aliphatic rings. The van der Waals surface area contributed by atoms with Gasteiger partial charge in [0.15, 0.2) is 0 Å². The summed E-state index contributed by atoms with van der Waals surface area (Å²) in [7, 11) is 0. The fourth-order valence-electron chi connectivity index (χ4n) is 2.19. The van der Waals surface area contributed by atoms with Crippen molar-refractivity contribution in [2.24, 2.45) is 0 Å². The molecule has 2 amide bonds. The van der Waals surface area contributed by atoms with E-state index in [4.69, 9.17) is 0 Å². The van der Waals surface area contributed by atoms with Crippen LogP contribution in [0.4, 0.5) is 0 Å². The molecule has 0 aliphatic carbocycles. The smallest absolute Gasteiger partial charge is 0.271 e. The lowest BCUT2D eigenvalue weighted by Gasteiger charge is -2.24. The lowest BCUT2D eigenvalue weighted by atomic mass is 10.2. The van der Waals surface area contributed by atoms with Crippen LogP contribution >= 0.6 is 11.8 Å². The number of thioether (sulfide) groups is 1. The molecule has 0 saturated carbocycles. The van der Waals surface area contributed by atoms with Crippen LogP contribution in [0.5, 0.6) is 0 Å². The van der Waals surface area contributed by atoms with Gasteiger partial charge in [-0.3, -0.25) is 20.0 Å². The summed E-state index contributed by atoms with van der Waals surface area (Å²) in [4.78, 5) is 28.4. The summed E-state index contributed by atoms with van der Waals surface area (Å²) in [5.41, 5.74) is 4.96. The topological polar surface area (TPSA) is 62.3 Å². The van der Waals surface area contributed by atoms with Gasteiger partial charge in [-0.25, -0.2) is 5.01 Å². The molecule has 0 bridgehead atoms. The molecule has 112 valence electrons. The Morgan fingerprint density at radius 2 is 2.05 bits per heavy atom. The first-order valence-corrected chi connectivity index (χ1v) is 7.92. The lowest BCUT2D eigenvalue weighted by molar-refractivity contribution is -0.130. The van der Waals surface area contributed by atoms with Crippen LogP contribution in [0.25, 0.3) is 0 Å². The highest BCUT2D eigenvalue weighted by molar-refractivity contribution is 8.00. The summed E-state index contributed by atoms with van der Waals surface area (Å²) in [5, 5.41) is 1.21. The summed E-state index contributed by atoms with van der Waals surface area (Å²) in [6, 6.07) is 13.1. The van der Waals surface area contributed by atoms with E-state index in [1.807, 2.05) is 37.3 Å². The van der Waals surface area contributed by atoms with Crippen molar-refractivity contribution in [3.63, 3.8) is 0 Å². The quantitative estimate of drug-likeness (QED) is 0.944. The minimum atomic E-state index is -0.329. The number of hydrogen-bond donors (Lipinski definition) is 1. The standard InChI is InChI=1S/C16H15N3O2S/c1-11-7-8-13(9-17-11)15(21)18-19-14(20)10-22-16(19)12-5-3-2-4-6-12/h2-9,16H,10H2,1H3,(H,18,21). The maximum Gasteiger partial charge on any atom is 0.271 e. The Labute approximate surface area is 132 Å². The Morgan fingerprint density at radius 3 is 2.73 bits per heavy atom. The number of aromatic nitrogens is 1. The Morgan fingerprint density at radius 1 is 1.27 bits per heavy atom. The van der Waals surface area contributed by atoms with E-state index in [1.165, 1.54) is 23.0 Å². The van der Waals surface area contributed by atoms with Crippen molar-refractivity contribution >= 4 is 23.6 Å². The number of rotatable bonds is 3. The molecule has 1 atom stereocenters. The average molecular weight is 313 g/mol. The molecule has 1 unspecified atom stereocenters. The molecule has 0 spiro atoms. The molecule has 0 radical (unpaired) electrons. The van der Waals surface area contributed by atoms with Crippen molar-refractivity contribution in [2.75, 3.05) is 5.75 Å². The van der Waals surface area contributed by atoms with Gasteiger partial charge in [-0.1, -0.05) is 30.3 Å². The highest BCUT2D eigenvalue weighted by Crippen LogP contribution is 2.37. The highest BCUT2D eigenvalue weighted by atomic mass is 32.2. The van der Waals surface area contributed by atoms with E-state index in [2.05, 4.69) is 10.4 Å². The molecule has 1 saturated heterocycles. The monoisotopic (exact) mass is 313 g/mol. The summed E-state index contributed by atoms with van der Waals surface area (Å²) < 4.78 is 0. The molecule has 2 heterocycles. The molecule has 3 rings (SSSR count). The number of carbonyl (C=O) groups is 2. The van der Waals surface area contributed by atoms with Crippen LogP contribution in [0.2, 0.25) is 0 Å². The number of pyridine rings is 1. The lowest BCUT2D eigenvalue weighted by Crippen LogP contribution is -2.44. The SMILES string of the molecule is Cc1ccc(C(=O)NN2C(=O)CSC2c2ccccc2)cn1. The van der Waals surface area contributed by atoms with Gasteiger partial charge in [0.2, 0.25) is 0 Å². The zero-order valence-electron chi connectivity index (χ0n) is 12.0. The largest absolute Gasteiger partial charge is 0.272 e. The second-order valence-corrected chi connectivity index (χ2v) is 6.04. The molecular weight excluding hydrogens is 298 g/mol. The van der Waals surface area contributed by atoms with E-state index in [1.54, 1.807) is 12.1 Å². The molecule has 5 nitrogen and oxygen atoms in total. The normalized spacial score (nSPS) is 17.6. The summed E-state index contributed by atoms with van der Waals surface area (Å²) in [6.07, 6.45) is 1.51. The van der Waals surface area contributed by atoms with Crippen LogP contribution in [0.1, 0.15) is 27.0 Å². The number of benzene rings is 1. The highest BCUT2D eigenvalue weighted by Gasteiger charge is 2.34. The van der Waals surface area contributed by atoms with Crippen molar-refractivity contribution < 1.29 is 9.59 Å². The molecule has 1 fully saturated rings. The number of hydrogen-bond acceptors (Lipinski definition) is 4. The fraction of sp³-hybridized carbons (Fsp3) is 0.188. The van der Waals surface area contributed by atoms with Crippen LogP contribution in [0.15, 0.2) is 48.7 Å². The van der Waals surface area contributed by atoms with E-state index < -0.39 is 0 Å². The Bertz CT molecular complexity index is 688. The van der Waals surface area contributed by atoms with Crippen LogP contribution in [-0.4, -0.2) is 27.6 Å². The third-order valence-corrected chi connectivity index (χ3v) is 4.56. The van der Waals surface area contributed by atoms with Crippen LogP contribution in [-0.2, 0) is 4.79 Å². The number of carbonyl (C=O) groups excluding carboxylic acids is 2. The molecule has 1 aromatic carbocycles. The fourth-order valence-corrected chi connectivity index (χ4v) is 3.29. The van der Waals surface area contributed by atoms with Crippen LogP contribution in [0, 0.1) is 6.92 Å². The van der Waals surface area contributed by atoms with Gasteiger partial charge in [-0.05, 0) is 24.6 Å². The second kappa shape index (κ2) is 6.19. The molecule has 1 N–H and O–H groups in total. The maximum absolute atomic E-state index is 12.3. The average Bonchev–Trinajstić information content (AvgIpc) is 2.90. The van der Waals surface area contributed by atoms with E-state index in [-0.39, 0.29) is 17.2 Å². The maximum atomic E-state index is 12.3. The van der Waals surface area contributed by atoms with Crippen LogP contribution in [0.3, 0.4) is 0 Å². The predicted octanol–water partition coefficient (Wildman–Crippen LogP) is 2.31. The van der Waals surface area contributed by atoms with E-state index >= 15 is 0 Å². The van der Waals surface area contributed by atoms with Gasteiger partial charge >= 0.3 is 0 Å². The number of nitrogens with zero attached hydrogens (tertiary/aromatic N) is 2. The first-order chi connectivity index (χ1) is 10.6. The molecule has 6 heteroatoms. The molecular formula is C16H15N3O2S. The second-order valence-electron chi connectivity index (χ2n) is 4.97. The Balaban J connectivity index is 1.78. The summed E-state index contributed by atoms with van der Waals surface area (Å²) in [5.74, 6) is -0.0806. The summed E-state index contributed by atoms with van der Waals surface area (Å²) >= 11 is 1.50. The molecule has 2 aromatic rings. The first kappa shape index (κ1) is 14.6. The number of hydrazine groups is 1. The minimum absolute atomic E-state index is 0.104. The van der Waals surface area contributed by atoms with Gasteiger partial charge in [0, 0.05) is 11.9 Å². The van der Waals surface area contributed by atoms with Gasteiger partial charge < -0.3 is 0 Å². The molecule has 1 aromatic heterocycles. The third-order valence-electron chi connectivity index (χ3n) is 3.35. The molecule has 1 aliphatic heterocycles. The number of amides is 2. The van der Waals surface area contributed by atoms with E-state index in [0.29, 0.717) is 11.3 Å². The zero-order chi connectivity index (χ0) is 15.5. The van der Waals surface area contributed by atoms with E-state index in [0.717, 1.165) is 11.3 Å². The zero-order valence-corrected chi connectivity index (χ0v) is 12.8. The van der Waals surface area contributed by atoms with Crippen molar-refractivity contribution in [3.8, 4) is 0 Å². The van der Waals surface area contributed by atoms with Crippen molar-refractivity contribution in [2.45, 2.75) is 12.3 Å². The third kappa shape index (κ3) is 2.96. The Hall–Kier alpha value is -2.34. The molecule has 22 heavy (non-hydrogen) atoms. The van der Waals surface area contributed by atoms with Crippen LogP contribution < -0.4 is 5.43 Å². The Kier molecular flexibility index (Phi) is 4.11. The van der Waals surface area contributed by atoms with E-state index in [9.17, 15) is 9.59 Å². The first-order valence-electron chi connectivity index (χ1n) is 6.87. The summed E-state index contributed by atoms with van der Waals surface area (Å²) in [6.45, 7) is 1.85. The van der Waals surface area contributed by atoms with Gasteiger partial charge in [0.05, 0.1) is 11.3 Å². The van der Waals surface area contributed by atoms with Crippen molar-refractivity contribution in [1.29, 1.82) is 0 Å². The van der Waals surface area contributed by atoms with Gasteiger partial charge in [-0.15, -0.1) is 11.8 Å². The minimum Gasteiger partial charge on any atom is -0.272 e. The van der Waals surface area contributed by atoms with Gasteiger partial charge in [0.25, 0.3) is 11.8 Å². The van der Waals surface area contributed by atoms with Gasteiger partial charge in [0.1, 0.15) is 5.37 Å². The number of aryl methyl sites for hydroxylation is 1. The van der Waals surface area contributed by atoms with Crippen molar-refractivity contribution in [1.82, 2.24) is 15.4 Å². The number of nitrogens with one attached hydrogen (secondary N) is 1. The van der Waals surface area contributed by atoms with Gasteiger partial charge in [-0.2, -0.15) is 0 Å².